The van der Waals surface area contributed by atoms with Crippen LogP contribution < -0.4 is 10.1 Å². The fourth-order valence-corrected chi connectivity index (χ4v) is 5.66. The van der Waals surface area contributed by atoms with Crippen molar-refractivity contribution in [3.8, 4) is 5.75 Å². The lowest BCUT2D eigenvalue weighted by Crippen LogP contribution is -2.43. The highest BCUT2D eigenvalue weighted by molar-refractivity contribution is 6.12. The molecule has 0 amide bonds. The van der Waals surface area contributed by atoms with Crippen LogP contribution >= 0.6 is 0 Å². The van der Waals surface area contributed by atoms with E-state index in [9.17, 15) is 14.4 Å². The number of hydrogen-bond donors (Lipinski definition) is 1. The lowest BCUT2D eigenvalue weighted by Gasteiger charge is -2.38. The molecule has 194 valence electrons. The maximum atomic E-state index is 13.9. The second-order valence-corrected chi connectivity index (χ2v) is 10.1. The van der Waals surface area contributed by atoms with Crippen molar-refractivity contribution in [2.24, 2.45) is 11.8 Å². The largest absolute Gasteiger partial charge is 0.493 e. The molecular formula is C29H37NO6. The number of ether oxygens (including phenoxy) is 3. The van der Waals surface area contributed by atoms with Gasteiger partial charge in [-0.1, -0.05) is 38.5 Å². The van der Waals surface area contributed by atoms with E-state index in [0.29, 0.717) is 35.6 Å². The smallest absolute Gasteiger partial charge is 0.337 e. The Bertz CT molecular complexity index is 1080. The van der Waals surface area contributed by atoms with Gasteiger partial charge in [0.05, 0.1) is 25.2 Å². The van der Waals surface area contributed by atoms with Gasteiger partial charge in [0.2, 0.25) is 0 Å². The lowest BCUT2D eigenvalue weighted by molar-refractivity contribution is -0.151. The minimum Gasteiger partial charge on any atom is -0.493 e. The van der Waals surface area contributed by atoms with Gasteiger partial charge in [0.25, 0.3) is 0 Å². The highest BCUT2D eigenvalue weighted by Gasteiger charge is 2.48. The van der Waals surface area contributed by atoms with Crippen LogP contribution in [0.2, 0.25) is 0 Å². The molecule has 1 fully saturated rings. The second-order valence-electron chi connectivity index (χ2n) is 10.1. The molecule has 1 aliphatic heterocycles. The molecule has 3 aliphatic rings. The average molecular weight is 496 g/mol. The zero-order valence-electron chi connectivity index (χ0n) is 21.7. The minimum absolute atomic E-state index is 0.116. The first kappa shape index (κ1) is 26.0. The van der Waals surface area contributed by atoms with Crippen molar-refractivity contribution >= 4 is 17.7 Å². The summed E-state index contributed by atoms with van der Waals surface area (Å²) in [6.07, 6.45) is 6.04. The van der Waals surface area contributed by atoms with Crippen molar-refractivity contribution in [1.29, 1.82) is 0 Å². The molecular weight excluding hydrogens is 458 g/mol. The van der Waals surface area contributed by atoms with E-state index >= 15 is 0 Å². The average Bonchev–Trinajstić information content (AvgIpc) is 3.36. The number of ketones is 1. The first-order valence-electron chi connectivity index (χ1n) is 13.1. The third kappa shape index (κ3) is 5.06. The number of para-hydroxylation sites is 1. The number of methoxy groups -OCH3 is 1. The molecule has 0 radical (unpaired) electrons. The first-order chi connectivity index (χ1) is 17.4. The van der Waals surface area contributed by atoms with E-state index in [2.05, 4.69) is 12.2 Å². The highest BCUT2D eigenvalue weighted by atomic mass is 16.5. The quantitative estimate of drug-likeness (QED) is 0.309. The monoisotopic (exact) mass is 495 g/mol. The molecule has 4 rings (SSSR count). The first-order valence-corrected chi connectivity index (χ1v) is 13.1. The molecule has 7 heteroatoms. The van der Waals surface area contributed by atoms with Crippen LogP contribution in [0.25, 0.3) is 0 Å². The van der Waals surface area contributed by atoms with Crippen molar-refractivity contribution in [3.05, 3.63) is 52.4 Å². The maximum Gasteiger partial charge on any atom is 0.337 e. The Morgan fingerprint density at radius 2 is 1.86 bits per heavy atom. The third-order valence-electron chi connectivity index (χ3n) is 7.52. The summed E-state index contributed by atoms with van der Waals surface area (Å²) in [6.45, 7) is 6.36. The van der Waals surface area contributed by atoms with Crippen LogP contribution in [0.1, 0.15) is 77.2 Å². The van der Waals surface area contributed by atoms with Gasteiger partial charge in [0, 0.05) is 22.5 Å². The number of esters is 2. The molecule has 2 aliphatic carbocycles. The van der Waals surface area contributed by atoms with Crippen molar-refractivity contribution < 1.29 is 28.6 Å². The van der Waals surface area contributed by atoms with Crippen molar-refractivity contribution in [1.82, 2.24) is 5.32 Å². The number of carbonyl (C=O) groups excluding carboxylic acids is 3. The molecule has 3 atom stereocenters. The van der Waals surface area contributed by atoms with E-state index < -0.39 is 23.8 Å². The third-order valence-corrected chi connectivity index (χ3v) is 7.52. The zero-order valence-corrected chi connectivity index (χ0v) is 21.7. The minimum atomic E-state index is -0.920. The lowest BCUT2D eigenvalue weighted by atomic mass is 9.69. The van der Waals surface area contributed by atoms with Crippen LogP contribution in [0.5, 0.6) is 5.75 Å². The SMILES string of the molecule is CCCCOc1ccccc1[C@@H]1C(C(=O)OC2CCCC2)=C(C)NC2=C1C(=O)[C@H](C(=O)OC)[C@@H](C)C2. The Morgan fingerprint density at radius 1 is 1.14 bits per heavy atom. The predicted octanol–water partition coefficient (Wildman–Crippen LogP) is 4.96. The van der Waals surface area contributed by atoms with E-state index in [-0.39, 0.29) is 17.8 Å². The van der Waals surface area contributed by atoms with E-state index in [1.807, 2.05) is 38.1 Å². The van der Waals surface area contributed by atoms with Gasteiger partial charge >= 0.3 is 11.9 Å². The van der Waals surface area contributed by atoms with Crippen LogP contribution in [0.3, 0.4) is 0 Å². The Hall–Kier alpha value is -3.09. The topological polar surface area (TPSA) is 90.9 Å². The fraction of sp³-hybridized carbons (Fsp3) is 0.552. The van der Waals surface area contributed by atoms with Crippen LogP contribution in [-0.2, 0) is 23.9 Å². The Morgan fingerprint density at radius 3 is 2.56 bits per heavy atom. The van der Waals surface area contributed by atoms with E-state index in [0.717, 1.165) is 49.8 Å². The number of Topliss-reactive ketones (excluding diaryl/α,β-unsaturated/α-hetero) is 1. The molecule has 1 aromatic rings. The van der Waals surface area contributed by atoms with Crippen molar-refractivity contribution in [3.63, 3.8) is 0 Å². The molecule has 7 nitrogen and oxygen atoms in total. The van der Waals surface area contributed by atoms with Crippen LogP contribution in [0.4, 0.5) is 0 Å². The second kappa shape index (κ2) is 11.3. The maximum absolute atomic E-state index is 13.9. The number of unbranched alkanes of at least 4 members (excludes halogenated alkanes) is 1. The summed E-state index contributed by atoms with van der Waals surface area (Å²) in [7, 11) is 1.30. The number of nitrogens with one attached hydrogen (secondary N) is 1. The van der Waals surface area contributed by atoms with Gasteiger partial charge in [0.1, 0.15) is 17.8 Å². The van der Waals surface area contributed by atoms with Crippen LogP contribution in [0, 0.1) is 11.8 Å². The Kier molecular flexibility index (Phi) is 8.17. The van der Waals surface area contributed by atoms with Gasteiger partial charge in [-0.15, -0.1) is 0 Å². The number of allylic oxidation sites excluding steroid dienone is 3. The molecule has 0 bridgehead atoms. The summed E-state index contributed by atoms with van der Waals surface area (Å²) < 4.78 is 17.1. The van der Waals surface area contributed by atoms with Crippen LogP contribution in [0.15, 0.2) is 46.8 Å². The molecule has 1 aromatic carbocycles. The molecule has 1 heterocycles. The summed E-state index contributed by atoms with van der Waals surface area (Å²) in [5.74, 6) is -2.50. The predicted molar refractivity (Wildman–Crippen MR) is 135 cm³/mol. The molecule has 0 spiro atoms. The molecule has 36 heavy (non-hydrogen) atoms. The van der Waals surface area contributed by atoms with Gasteiger partial charge in [-0.3, -0.25) is 9.59 Å². The Balaban J connectivity index is 1.82. The summed E-state index contributed by atoms with van der Waals surface area (Å²) in [5.41, 5.74) is 2.97. The normalized spacial score (nSPS) is 24.3. The van der Waals surface area contributed by atoms with E-state index in [4.69, 9.17) is 14.2 Å². The fourth-order valence-electron chi connectivity index (χ4n) is 5.66. The van der Waals surface area contributed by atoms with E-state index in [1.165, 1.54) is 7.11 Å². The molecule has 1 N–H and O–H groups in total. The van der Waals surface area contributed by atoms with Gasteiger partial charge in [-0.25, -0.2) is 4.79 Å². The summed E-state index contributed by atoms with van der Waals surface area (Å²) >= 11 is 0. The zero-order chi connectivity index (χ0) is 25.8. The summed E-state index contributed by atoms with van der Waals surface area (Å²) in [4.78, 5) is 40.2. The summed E-state index contributed by atoms with van der Waals surface area (Å²) in [6, 6.07) is 7.54. The molecule has 0 unspecified atom stereocenters. The molecule has 0 saturated heterocycles. The highest BCUT2D eigenvalue weighted by Crippen LogP contribution is 2.47. The van der Waals surface area contributed by atoms with Crippen molar-refractivity contribution in [2.45, 2.75) is 77.7 Å². The Labute approximate surface area is 213 Å². The van der Waals surface area contributed by atoms with Gasteiger partial charge < -0.3 is 19.5 Å². The molecule has 1 saturated carbocycles. The van der Waals surface area contributed by atoms with Gasteiger partial charge in [-0.05, 0) is 57.4 Å². The standard InChI is InChI=1S/C29H37NO6/c1-5-6-15-35-22-14-10-9-13-20(22)25-24(29(33)36-19-11-7-8-12-19)18(3)30-21-16-17(2)23(28(32)34-4)27(31)26(21)25/h9-10,13-14,17,19,23,25,30H,5-8,11-12,15-16H2,1-4H3/t17-,23+,25+/m0/s1. The number of dihydropyridines is 1. The summed E-state index contributed by atoms with van der Waals surface area (Å²) in [5, 5.41) is 3.33. The van der Waals surface area contributed by atoms with Crippen molar-refractivity contribution in [2.75, 3.05) is 13.7 Å². The molecule has 0 aromatic heterocycles. The van der Waals surface area contributed by atoms with E-state index in [1.54, 1.807) is 0 Å². The van der Waals surface area contributed by atoms with Gasteiger partial charge in [-0.2, -0.15) is 0 Å². The number of carbonyl (C=O) groups is 3. The number of benzene rings is 1. The number of rotatable bonds is 8. The van der Waals surface area contributed by atoms with Gasteiger partial charge in [0.15, 0.2) is 5.78 Å². The number of hydrogen-bond acceptors (Lipinski definition) is 7. The van der Waals surface area contributed by atoms with Crippen LogP contribution in [-0.4, -0.2) is 37.5 Å².